The van der Waals surface area contributed by atoms with Crippen molar-refractivity contribution in [3.05, 3.63) is 70.3 Å². The second-order valence-corrected chi connectivity index (χ2v) is 4.97. The van der Waals surface area contributed by atoms with Crippen molar-refractivity contribution in [3.8, 4) is 11.5 Å². The largest absolute Gasteiger partial charge is 0.497 e. The highest BCUT2D eigenvalue weighted by atomic mass is 16.6. The summed E-state index contributed by atoms with van der Waals surface area (Å²) in [6.07, 6.45) is 2.67. The number of nitrogens with one attached hydrogen (secondary N) is 1. The molecule has 7 nitrogen and oxygen atoms in total. The number of hydrogen-bond acceptors (Lipinski definition) is 5. The van der Waals surface area contributed by atoms with Gasteiger partial charge in [0.1, 0.15) is 18.1 Å². The molecule has 25 heavy (non-hydrogen) atoms. The van der Waals surface area contributed by atoms with Crippen LogP contribution in [0, 0.1) is 10.1 Å². The van der Waals surface area contributed by atoms with Crippen molar-refractivity contribution in [3.63, 3.8) is 0 Å². The fourth-order valence-electron chi connectivity index (χ4n) is 2.05. The third kappa shape index (κ3) is 5.65. The SMILES string of the molecule is COc1cccc(OCCNC(=O)/C=C/c2ccccc2[N+](=O)[O-])c1. The van der Waals surface area contributed by atoms with E-state index >= 15 is 0 Å². The van der Waals surface area contributed by atoms with Crippen LogP contribution in [-0.4, -0.2) is 31.1 Å². The lowest BCUT2D eigenvalue weighted by molar-refractivity contribution is -0.385. The highest BCUT2D eigenvalue weighted by Crippen LogP contribution is 2.19. The molecule has 2 aromatic rings. The van der Waals surface area contributed by atoms with E-state index in [0.717, 1.165) is 0 Å². The van der Waals surface area contributed by atoms with Crippen LogP contribution in [0.5, 0.6) is 11.5 Å². The molecule has 0 aliphatic carbocycles. The summed E-state index contributed by atoms with van der Waals surface area (Å²) >= 11 is 0. The maximum atomic E-state index is 11.8. The molecule has 7 heteroatoms. The first-order chi connectivity index (χ1) is 12.1. The van der Waals surface area contributed by atoms with Gasteiger partial charge in [-0.25, -0.2) is 0 Å². The highest BCUT2D eigenvalue weighted by Gasteiger charge is 2.09. The minimum absolute atomic E-state index is 0.0482. The van der Waals surface area contributed by atoms with Crippen LogP contribution in [-0.2, 0) is 4.79 Å². The molecule has 0 fully saturated rings. The topological polar surface area (TPSA) is 90.7 Å². The summed E-state index contributed by atoms with van der Waals surface area (Å²) in [5.74, 6) is 0.977. The van der Waals surface area contributed by atoms with Gasteiger partial charge in [-0.05, 0) is 24.3 Å². The number of benzene rings is 2. The zero-order chi connectivity index (χ0) is 18.1. The van der Waals surface area contributed by atoms with Crippen molar-refractivity contribution in [1.29, 1.82) is 0 Å². The molecule has 0 saturated heterocycles. The van der Waals surface area contributed by atoms with Crippen molar-refractivity contribution in [2.45, 2.75) is 0 Å². The third-order valence-electron chi connectivity index (χ3n) is 3.26. The summed E-state index contributed by atoms with van der Waals surface area (Å²) in [5.41, 5.74) is 0.322. The molecule has 0 radical (unpaired) electrons. The van der Waals surface area contributed by atoms with Crippen molar-refractivity contribution >= 4 is 17.7 Å². The average molecular weight is 342 g/mol. The smallest absolute Gasteiger partial charge is 0.276 e. The normalized spacial score (nSPS) is 10.4. The number of carbonyl (C=O) groups is 1. The number of nitro groups is 1. The number of nitro benzene ring substituents is 1. The molecule has 0 aliphatic heterocycles. The molecule has 2 rings (SSSR count). The molecule has 1 amide bonds. The Labute approximate surface area is 145 Å². The van der Waals surface area contributed by atoms with Gasteiger partial charge in [0.2, 0.25) is 5.91 Å². The van der Waals surface area contributed by atoms with Crippen LogP contribution >= 0.6 is 0 Å². The number of rotatable bonds is 8. The quantitative estimate of drug-likeness (QED) is 0.345. The fourth-order valence-corrected chi connectivity index (χ4v) is 2.05. The molecule has 0 atom stereocenters. The molecule has 1 N–H and O–H groups in total. The number of ether oxygens (including phenoxy) is 2. The Balaban J connectivity index is 1.80. The zero-order valence-electron chi connectivity index (χ0n) is 13.7. The van der Waals surface area contributed by atoms with E-state index in [1.54, 1.807) is 37.4 Å². The van der Waals surface area contributed by atoms with Gasteiger partial charge in [-0.1, -0.05) is 18.2 Å². The van der Waals surface area contributed by atoms with Gasteiger partial charge in [-0.2, -0.15) is 0 Å². The summed E-state index contributed by atoms with van der Waals surface area (Å²) < 4.78 is 10.6. The van der Waals surface area contributed by atoms with Gasteiger partial charge in [0, 0.05) is 18.2 Å². The van der Waals surface area contributed by atoms with Crippen LogP contribution in [0.2, 0.25) is 0 Å². The van der Waals surface area contributed by atoms with Gasteiger partial charge < -0.3 is 14.8 Å². The lowest BCUT2D eigenvalue weighted by Gasteiger charge is -2.07. The molecule has 0 saturated carbocycles. The van der Waals surface area contributed by atoms with E-state index < -0.39 is 4.92 Å². The molecule has 130 valence electrons. The van der Waals surface area contributed by atoms with Crippen molar-refractivity contribution < 1.29 is 19.2 Å². The van der Waals surface area contributed by atoms with E-state index in [9.17, 15) is 14.9 Å². The van der Waals surface area contributed by atoms with Crippen molar-refractivity contribution in [2.24, 2.45) is 0 Å². The summed E-state index contributed by atoms with van der Waals surface area (Å²) in [6.45, 7) is 0.593. The molecule has 2 aromatic carbocycles. The van der Waals surface area contributed by atoms with Crippen LogP contribution in [0.1, 0.15) is 5.56 Å². The van der Waals surface area contributed by atoms with E-state index in [4.69, 9.17) is 9.47 Å². The average Bonchev–Trinajstić information content (AvgIpc) is 2.64. The standard InChI is InChI=1S/C18H18N2O5/c1-24-15-6-4-7-16(13-15)25-12-11-19-18(21)10-9-14-5-2-3-8-17(14)20(22)23/h2-10,13H,11-12H2,1H3,(H,19,21)/b10-9+. The zero-order valence-corrected chi connectivity index (χ0v) is 13.7. The first-order valence-corrected chi connectivity index (χ1v) is 7.56. The van der Waals surface area contributed by atoms with Gasteiger partial charge in [0.25, 0.3) is 5.69 Å². The minimum Gasteiger partial charge on any atom is -0.497 e. The van der Waals surface area contributed by atoms with E-state index in [-0.39, 0.29) is 18.2 Å². The molecule has 0 spiro atoms. The number of carbonyl (C=O) groups excluding carboxylic acids is 1. The van der Waals surface area contributed by atoms with Gasteiger partial charge >= 0.3 is 0 Å². The Hall–Kier alpha value is -3.35. The van der Waals surface area contributed by atoms with E-state index in [1.165, 1.54) is 18.2 Å². The minimum atomic E-state index is -0.487. The molecular weight excluding hydrogens is 324 g/mol. The number of para-hydroxylation sites is 1. The Morgan fingerprint density at radius 2 is 1.96 bits per heavy atom. The molecule has 0 unspecified atom stereocenters. The molecule has 0 aliphatic rings. The van der Waals surface area contributed by atoms with Crippen LogP contribution in [0.25, 0.3) is 6.08 Å². The van der Waals surface area contributed by atoms with Crippen molar-refractivity contribution in [1.82, 2.24) is 5.32 Å². The first kappa shape index (κ1) is 18.0. The monoisotopic (exact) mass is 342 g/mol. The number of hydrogen-bond donors (Lipinski definition) is 1. The van der Waals surface area contributed by atoms with Gasteiger partial charge in [0.15, 0.2) is 0 Å². The Kier molecular flexibility index (Phi) is 6.53. The van der Waals surface area contributed by atoms with E-state index in [0.29, 0.717) is 23.6 Å². The fraction of sp³-hybridized carbons (Fsp3) is 0.167. The second kappa shape index (κ2) is 9.07. The van der Waals surface area contributed by atoms with Crippen LogP contribution in [0.15, 0.2) is 54.6 Å². The Morgan fingerprint density at radius 1 is 1.20 bits per heavy atom. The second-order valence-electron chi connectivity index (χ2n) is 4.97. The third-order valence-corrected chi connectivity index (χ3v) is 3.26. The number of amides is 1. The summed E-state index contributed by atoms with van der Waals surface area (Å²) in [4.78, 5) is 22.2. The van der Waals surface area contributed by atoms with Crippen molar-refractivity contribution in [2.75, 3.05) is 20.3 Å². The van der Waals surface area contributed by atoms with E-state index in [1.807, 2.05) is 12.1 Å². The molecule has 0 aromatic heterocycles. The predicted molar refractivity (Wildman–Crippen MR) is 93.6 cm³/mol. The van der Waals surface area contributed by atoms with Gasteiger partial charge in [-0.3, -0.25) is 14.9 Å². The van der Waals surface area contributed by atoms with E-state index in [2.05, 4.69) is 5.32 Å². The Bertz CT molecular complexity index is 774. The summed E-state index contributed by atoms with van der Waals surface area (Å²) in [5, 5.41) is 13.6. The van der Waals surface area contributed by atoms with Crippen LogP contribution < -0.4 is 14.8 Å². The molecule has 0 heterocycles. The Morgan fingerprint density at radius 3 is 2.72 bits per heavy atom. The lowest BCUT2D eigenvalue weighted by atomic mass is 10.1. The predicted octanol–water partition coefficient (Wildman–Crippen LogP) is 2.81. The first-order valence-electron chi connectivity index (χ1n) is 7.56. The maximum Gasteiger partial charge on any atom is 0.276 e. The summed E-state index contributed by atoms with van der Waals surface area (Å²) in [6, 6.07) is 13.4. The van der Waals surface area contributed by atoms with Gasteiger partial charge in [0.05, 0.1) is 24.1 Å². The van der Waals surface area contributed by atoms with Crippen LogP contribution in [0.3, 0.4) is 0 Å². The molecule has 0 bridgehead atoms. The molecular formula is C18H18N2O5. The van der Waals surface area contributed by atoms with Crippen LogP contribution in [0.4, 0.5) is 5.69 Å². The maximum absolute atomic E-state index is 11.8. The van der Waals surface area contributed by atoms with Gasteiger partial charge in [-0.15, -0.1) is 0 Å². The highest BCUT2D eigenvalue weighted by molar-refractivity contribution is 5.92. The number of methoxy groups -OCH3 is 1. The lowest BCUT2D eigenvalue weighted by Crippen LogP contribution is -2.26. The summed E-state index contributed by atoms with van der Waals surface area (Å²) in [7, 11) is 1.57. The number of nitrogens with zero attached hydrogens (tertiary/aromatic N) is 1.